The third-order valence-electron chi connectivity index (χ3n) is 4.95. The fraction of sp³-hybridized carbons (Fsp3) is 0.320. The molecule has 0 bridgehead atoms. The first-order valence-corrected chi connectivity index (χ1v) is 10.6. The van der Waals surface area contributed by atoms with Crippen LogP contribution >= 0.6 is 0 Å². The predicted molar refractivity (Wildman–Crippen MR) is 118 cm³/mol. The minimum Gasteiger partial charge on any atom is -0.461 e. The lowest BCUT2D eigenvalue weighted by molar-refractivity contribution is -0.259. The predicted octanol–water partition coefficient (Wildman–Crippen LogP) is 2.32. The number of ketones is 1. The van der Waals surface area contributed by atoms with Crippen LogP contribution in [0, 0.1) is 11.3 Å². The summed E-state index contributed by atoms with van der Waals surface area (Å²) in [7, 11) is 0. The molecule has 0 amide bonds. The van der Waals surface area contributed by atoms with E-state index < -0.39 is 42.5 Å². The molecular weight excluding hydrogens is 458 g/mol. The Morgan fingerprint density at radius 2 is 1.31 bits per heavy atom. The molecule has 0 unspecified atom stereocenters. The van der Waals surface area contributed by atoms with Gasteiger partial charge < -0.3 is 23.7 Å². The quantitative estimate of drug-likeness (QED) is 0.329. The van der Waals surface area contributed by atoms with Crippen LogP contribution in [0.25, 0.3) is 0 Å². The van der Waals surface area contributed by atoms with Crippen molar-refractivity contribution in [2.75, 3.05) is 6.61 Å². The Bertz CT molecular complexity index is 1140. The first-order valence-electron chi connectivity index (χ1n) is 10.6. The van der Waals surface area contributed by atoms with Crippen molar-refractivity contribution in [3.8, 4) is 11.8 Å². The number of benzene rings is 2. The minimum absolute atomic E-state index is 0.171. The van der Waals surface area contributed by atoms with Crippen LogP contribution in [0.3, 0.4) is 0 Å². The first kappa shape index (κ1) is 25.4. The Morgan fingerprint density at radius 1 is 0.800 bits per heavy atom. The zero-order valence-electron chi connectivity index (χ0n) is 19.3. The highest BCUT2D eigenvalue weighted by molar-refractivity contribution is 6.09. The Kier molecular flexibility index (Phi) is 8.17. The van der Waals surface area contributed by atoms with Crippen LogP contribution in [0.2, 0.25) is 0 Å². The van der Waals surface area contributed by atoms with Gasteiger partial charge in [0.1, 0.15) is 5.75 Å². The Morgan fingerprint density at radius 3 is 1.83 bits per heavy atom. The van der Waals surface area contributed by atoms with Crippen LogP contribution < -0.4 is 4.74 Å². The zero-order valence-corrected chi connectivity index (χ0v) is 19.3. The number of hydrogen-bond acceptors (Lipinski definition) is 10. The summed E-state index contributed by atoms with van der Waals surface area (Å²) in [5, 5.41) is 8.90. The van der Waals surface area contributed by atoms with Crippen LogP contribution in [0.4, 0.5) is 0 Å². The van der Waals surface area contributed by atoms with Crippen LogP contribution in [0.15, 0.2) is 48.5 Å². The van der Waals surface area contributed by atoms with Gasteiger partial charge in [0.05, 0.1) is 18.2 Å². The van der Waals surface area contributed by atoms with Crippen LogP contribution in [-0.2, 0) is 33.3 Å². The van der Waals surface area contributed by atoms with E-state index in [1.165, 1.54) is 32.9 Å². The number of carbonyl (C=O) groups is 4. The summed E-state index contributed by atoms with van der Waals surface area (Å²) in [6.45, 7) is 3.36. The van der Waals surface area contributed by atoms with E-state index in [-0.39, 0.29) is 18.1 Å². The molecule has 0 aliphatic carbocycles. The van der Waals surface area contributed by atoms with Crippen LogP contribution in [0.1, 0.15) is 42.3 Å². The molecule has 0 aromatic heterocycles. The highest BCUT2D eigenvalue weighted by Crippen LogP contribution is 2.27. The number of hydrogen-bond donors (Lipinski definition) is 0. The second-order valence-corrected chi connectivity index (χ2v) is 7.66. The fourth-order valence-electron chi connectivity index (χ4n) is 3.49. The number of carbonyl (C=O) groups excluding carboxylic acids is 4. The van der Waals surface area contributed by atoms with Crippen molar-refractivity contribution in [1.82, 2.24) is 0 Å². The second-order valence-electron chi connectivity index (χ2n) is 7.66. The second kappa shape index (κ2) is 11.3. The third kappa shape index (κ3) is 6.65. The normalized spacial score (nSPS) is 21.2. The lowest BCUT2D eigenvalue weighted by Crippen LogP contribution is -2.59. The van der Waals surface area contributed by atoms with Crippen molar-refractivity contribution >= 4 is 23.7 Å². The molecule has 1 saturated heterocycles. The molecule has 1 fully saturated rings. The van der Waals surface area contributed by atoms with E-state index in [9.17, 15) is 19.2 Å². The molecule has 1 heterocycles. The SMILES string of the molecule is CC(=O)O[C@@H]1[C@@H](Oc2ccc(C(=O)c3ccc(C#N)cc3)cc2)OC[C@@H](OC(C)=O)[C@H]1OC(C)=O. The molecule has 4 atom stereocenters. The summed E-state index contributed by atoms with van der Waals surface area (Å²) in [5.41, 5.74) is 1.25. The highest BCUT2D eigenvalue weighted by atomic mass is 16.7. The van der Waals surface area contributed by atoms with E-state index >= 15 is 0 Å². The molecule has 2 aromatic rings. The molecule has 1 aliphatic rings. The molecule has 10 heteroatoms. The van der Waals surface area contributed by atoms with Crippen molar-refractivity contribution in [3.63, 3.8) is 0 Å². The van der Waals surface area contributed by atoms with E-state index in [1.54, 1.807) is 36.4 Å². The largest absolute Gasteiger partial charge is 0.461 e. The van der Waals surface area contributed by atoms with E-state index in [1.807, 2.05) is 6.07 Å². The summed E-state index contributed by atoms with van der Waals surface area (Å²) in [4.78, 5) is 47.6. The number of nitrogens with zero attached hydrogens (tertiary/aromatic N) is 1. The Labute approximate surface area is 201 Å². The van der Waals surface area contributed by atoms with Gasteiger partial charge in [0.2, 0.25) is 12.4 Å². The highest BCUT2D eigenvalue weighted by Gasteiger charge is 2.48. The fourth-order valence-corrected chi connectivity index (χ4v) is 3.49. The molecule has 0 saturated carbocycles. The number of nitriles is 1. The Hall–Kier alpha value is -4.23. The van der Waals surface area contributed by atoms with E-state index in [2.05, 4.69) is 0 Å². The van der Waals surface area contributed by atoms with Gasteiger partial charge in [-0.05, 0) is 48.5 Å². The molecule has 1 aliphatic heterocycles. The van der Waals surface area contributed by atoms with Gasteiger partial charge in [-0.2, -0.15) is 5.26 Å². The molecular formula is C25H23NO9. The number of ether oxygens (including phenoxy) is 5. The van der Waals surface area contributed by atoms with Crippen LogP contribution in [-0.4, -0.2) is 54.9 Å². The van der Waals surface area contributed by atoms with Crippen LogP contribution in [0.5, 0.6) is 5.75 Å². The first-order chi connectivity index (χ1) is 16.7. The molecule has 182 valence electrons. The van der Waals surface area contributed by atoms with Gasteiger partial charge in [0.25, 0.3) is 0 Å². The van der Waals surface area contributed by atoms with Gasteiger partial charge in [0, 0.05) is 31.9 Å². The maximum atomic E-state index is 12.7. The van der Waals surface area contributed by atoms with Crippen molar-refractivity contribution in [3.05, 3.63) is 65.2 Å². The standard InChI is InChI=1S/C25H23NO9/c1-14(27)32-21-13-31-25(24(34-16(3)29)23(21)33-15(2)28)35-20-10-8-19(9-11-20)22(30)18-6-4-17(12-26)5-7-18/h4-11,21,23-25H,13H2,1-3H3/t21-,23-,24+,25-/m1/s1. The maximum absolute atomic E-state index is 12.7. The van der Waals surface area contributed by atoms with Crippen molar-refractivity contribution in [2.45, 2.75) is 45.4 Å². The lowest BCUT2D eigenvalue weighted by atomic mass is 10.0. The number of rotatable bonds is 7. The molecule has 3 rings (SSSR count). The number of esters is 3. The summed E-state index contributed by atoms with van der Waals surface area (Å²) in [6.07, 6.45) is -4.58. The maximum Gasteiger partial charge on any atom is 0.303 e. The summed E-state index contributed by atoms with van der Waals surface area (Å²) >= 11 is 0. The summed E-state index contributed by atoms with van der Waals surface area (Å²) in [6, 6.07) is 14.4. The van der Waals surface area contributed by atoms with Gasteiger partial charge in [0.15, 0.2) is 18.0 Å². The minimum atomic E-state index is -1.23. The van der Waals surface area contributed by atoms with Gasteiger partial charge in [-0.15, -0.1) is 0 Å². The Balaban J connectivity index is 1.78. The van der Waals surface area contributed by atoms with Crippen molar-refractivity contribution in [1.29, 1.82) is 5.26 Å². The van der Waals surface area contributed by atoms with Gasteiger partial charge >= 0.3 is 17.9 Å². The van der Waals surface area contributed by atoms with E-state index in [4.69, 9.17) is 28.9 Å². The van der Waals surface area contributed by atoms with Gasteiger partial charge in [-0.3, -0.25) is 19.2 Å². The molecule has 35 heavy (non-hydrogen) atoms. The summed E-state index contributed by atoms with van der Waals surface area (Å²) in [5.74, 6) is -1.94. The van der Waals surface area contributed by atoms with E-state index in [0.717, 1.165) is 0 Å². The smallest absolute Gasteiger partial charge is 0.303 e. The molecule has 2 aromatic carbocycles. The topological polar surface area (TPSA) is 138 Å². The van der Waals surface area contributed by atoms with Gasteiger partial charge in [-0.1, -0.05) is 0 Å². The lowest BCUT2D eigenvalue weighted by Gasteiger charge is -2.40. The van der Waals surface area contributed by atoms with Crippen molar-refractivity contribution in [2.24, 2.45) is 0 Å². The van der Waals surface area contributed by atoms with E-state index in [0.29, 0.717) is 16.7 Å². The zero-order chi connectivity index (χ0) is 25.5. The molecule has 0 spiro atoms. The molecule has 0 N–H and O–H groups in total. The average Bonchev–Trinajstić information content (AvgIpc) is 2.82. The molecule has 10 nitrogen and oxygen atoms in total. The monoisotopic (exact) mass is 481 g/mol. The van der Waals surface area contributed by atoms with Crippen molar-refractivity contribution < 1.29 is 42.9 Å². The van der Waals surface area contributed by atoms with Gasteiger partial charge in [-0.25, -0.2) is 0 Å². The third-order valence-corrected chi connectivity index (χ3v) is 4.95. The average molecular weight is 481 g/mol. The molecule has 0 radical (unpaired) electrons. The summed E-state index contributed by atoms with van der Waals surface area (Å²) < 4.78 is 27.2.